The molecule has 11 aromatic rings. The number of carbonyl (C=O) groups excluding carboxylic acids is 7. The molecule has 9 heterocycles. The summed E-state index contributed by atoms with van der Waals surface area (Å²) in [5.74, 6) is 0.967. The highest BCUT2D eigenvalue weighted by atomic mass is 35.5. The molecule has 0 aliphatic carbocycles. The lowest BCUT2D eigenvalue weighted by Gasteiger charge is -2.29. The third-order valence-corrected chi connectivity index (χ3v) is 24.8. The Kier molecular flexibility index (Phi) is 30.0. The number of nitrogens with one attached hydrogen (secondary N) is 3. The van der Waals surface area contributed by atoms with Crippen molar-refractivity contribution in [1.82, 2.24) is 24.7 Å². The number of amides is 4. The smallest absolute Gasteiger partial charge is 0.337 e. The van der Waals surface area contributed by atoms with Gasteiger partial charge in [-0.1, -0.05) is 109 Å². The van der Waals surface area contributed by atoms with Crippen molar-refractivity contribution >= 4 is 151 Å². The number of piperidine rings is 3. The average Bonchev–Trinajstić information content (AvgIpc) is 1.64. The van der Waals surface area contributed by atoms with Crippen molar-refractivity contribution in [2.75, 3.05) is 134 Å². The van der Waals surface area contributed by atoms with Crippen LogP contribution in [0.2, 0.25) is 0 Å². The van der Waals surface area contributed by atoms with Gasteiger partial charge in [-0.25, -0.2) is 24.4 Å². The molecule has 7 N–H and O–H groups in total. The van der Waals surface area contributed by atoms with Gasteiger partial charge in [-0.2, -0.15) is 0 Å². The Labute approximate surface area is 751 Å². The van der Waals surface area contributed by atoms with E-state index in [1.54, 1.807) is 54.6 Å². The van der Waals surface area contributed by atoms with Crippen molar-refractivity contribution in [3.05, 3.63) is 267 Å². The van der Waals surface area contributed by atoms with E-state index in [1.165, 1.54) is 34.0 Å². The standard InChI is InChI=1S/2C33H34N4O4.C18H15NO4.C16H23N3O.2ClH/c2*1-36-15-12-21(13-16-36)18-29(38)37-17-14-23-19-25(9-11-28(23)37)34-31(22-6-4-3-5-7-22)30-26-10-8-24(33(40)41-2)20-27(26)35-32(30)39;1-22-16(11-6-4-3-5-7-11)15-13-9-8-12(18(21)23-2)10-14(13)19-17(15)20;1-18-7-4-12(5-8-18)10-16(20)19-9-6-13-11-14(17)2-3-15(13)19;;/h2*3-11,19-21,35,39H,12-18H2,1-2H3;3-10H,1-2H3,(H,19,20);2-3,11-12H,4-10,17H2,1H3;2*1H/b;;16-15-;;;. The average molecular weight is 1760 g/mol. The van der Waals surface area contributed by atoms with E-state index in [1.807, 2.05) is 160 Å². The predicted molar refractivity (Wildman–Crippen MR) is 504 cm³/mol. The highest BCUT2D eigenvalue weighted by Crippen LogP contribution is 2.42. The number of carbonyl (C=O) groups is 7. The van der Waals surface area contributed by atoms with Crippen LogP contribution in [0, 0.1) is 17.8 Å². The molecule has 3 saturated heterocycles. The molecule has 2 aromatic heterocycles. The summed E-state index contributed by atoms with van der Waals surface area (Å²) in [6, 6.07) is 61.9. The van der Waals surface area contributed by atoms with E-state index < -0.39 is 17.9 Å². The molecule has 0 saturated carbocycles. The van der Waals surface area contributed by atoms with Gasteiger partial charge in [-0.05, 0) is 244 Å². The minimum Gasteiger partial charge on any atom is -0.495 e. The van der Waals surface area contributed by atoms with Crippen LogP contribution in [0.1, 0.15) is 139 Å². The van der Waals surface area contributed by atoms with Crippen molar-refractivity contribution < 1.29 is 62.7 Å². The number of H-pyrrole nitrogens is 2. The Hall–Kier alpha value is -12.9. The number of rotatable bonds is 17. The number of aromatic nitrogens is 2. The molecule has 0 bridgehead atoms. The molecule has 0 unspecified atom stereocenters. The second kappa shape index (κ2) is 41.5. The maximum absolute atomic E-state index is 13.2. The lowest BCUT2D eigenvalue weighted by atomic mass is 9.93. The molecule has 0 atom stereocenters. The van der Waals surface area contributed by atoms with Crippen LogP contribution in [-0.4, -0.2) is 196 Å². The van der Waals surface area contributed by atoms with Crippen molar-refractivity contribution in [2.45, 2.75) is 77.0 Å². The SMILES string of the molecule is CN1CCC(CC(=O)N2CCc3cc(N)ccc32)CC1.COC(=O)c1ccc2c(C(=Nc3ccc4c(c3)CCN4C(=O)CC3CCN(C)CC3)c3ccccc3)c(O)[nH]c2c1.COC(=O)c1ccc2c(C(=Nc3ccc4c(c3)CCN4C(=O)CC3CCN(C)CC3)c3ccccc3)c(O)[nH]c2c1.COC(=O)c1ccc2c(c1)NC(=O)/C2=C(\OC)c1ccccc1.Cl.Cl. The van der Waals surface area contributed by atoms with E-state index in [2.05, 4.69) is 51.1 Å². The van der Waals surface area contributed by atoms with Gasteiger partial charge in [0.1, 0.15) is 5.76 Å². The first-order valence-electron chi connectivity index (χ1n) is 42.7. The normalized spacial score (nSPS) is 16.3. The summed E-state index contributed by atoms with van der Waals surface area (Å²) in [4.78, 5) is 116. The summed E-state index contributed by atoms with van der Waals surface area (Å²) in [6.45, 7) is 8.63. The van der Waals surface area contributed by atoms with Crippen LogP contribution in [0.25, 0.3) is 33.1 Å². The number of aliphatic imine (C=N–C) groups is 2. The van der Waals surface area contributed by atoms with Gasteiger partial charge in [0.05, 0.1) is 90.3 Å². The number of aromatic hydroxyl groups is 2. The number of esters is 3. The first-order valence-corrected chi connectivity index (χ1v) is 42.7. The van der Waals surface area contributed by atoms with Gasteiger partial charge in [0.15, 0.2) is 11.8 Å². The number of aromatic amines is 2. The van der Waals surface area contributed by atoms with Crippen LogP contribution in [0.3, 0.4) is 0 Å². The van der Waals surface area contributed by atoms with E-state index in [0.29, 0.717) is 123 Å². The number of anilines is 5. The minimum atomic E-state index is -0.450. The first kappa shape index (κ1) is 91.8. The molecule has 25 nitrogen and oxygen atoms in total. The van der Waals surface area contributed by atoms with Gasteiger partial charge < -0.3 is 79.6 Å². The number of nitrogens with two attached hydrogens (primary N) is 1. The van der Waals surface area contributed by atoms with Crippen LogP contribution >= 0.6 is 24.8 Å². The molecule has 9 aromatic carbocycles. The number of ether oxygens (including phenoxy) is 4. The summed E-state index contributed by atoms with van der Waals surface area (Å²) in [6.07, 6.45) is 11.0. The second-order valence-corrected chi connectivity index (χ2v) is 33.1. The van der Waals surface area contributed by atoms with Gasteiger partial charge in [0, 0.05) is 106 Å². The fraction of sp³-hybridized carbons (Fsp3) is 0.310. The van der Waals surface area contributed by atoms with E-state index in [-0.39, 0.29) is 60.2 Å². The molecular formula is C100H108Cl2N12O13. The number of nitrogen functional groups attached to an aromatic ring is 1. The number of methoxy groups -OCH3 is 4. The molecule has 27 heteroatoms. The Morgan fingerprint density at radius 1 is 0.409 bits per heavy atom. The molecule has 127 heavy (non-hydrogen) atoms. The molecular weight excluding hydrogens is 1650 g/mol. The van der Waals surface area contributed by atoms with E-state index in [0.717, 1.165) is 176 Å². The van der Waals surface area contributed by atoms with Crippen LogP contribution in [0.15, 0.2) is 210 Å². The van der Waals surface area contributed by atoms with E-state index >= 15 is 0 Å². The Bertz CT molecular complexity index is 5730. The number of nitrogens with zero attached hydrogens (tertiary/aromatic N) is 8. The molecule has 660 valence electrons. The fourth-order valence-corrected chi connectivity index (χ4v) is 17.9. The van der Waals surface area contributed by atoms with Gasteiger partial charge >= 0.3 is 17.9 Å². The first-order chi connectivity index (χ1) is 60.6. The lowest BCUT2D eigenvalue weighted by molar-refractivity contribution is -0.120. The Balaban J connectivity index is 0.000000150. The highest BCUT2D eigenvalue weighted by Gasteiger charge is 2.35. The second-order valence-electron chi connectivity index (χ2n) is 33.1. The fourth-order valence-electron chi connectivity index (χ4n) is 17.9. The molecule has 7 aliphatic rings. The van der Waals surface area contributed by atoms with Crippen molar-refractivity contribution in [3.8, 4) is 11.8 Å². The van der Waals surface area contributed by atoms with Crippen LogP contribution in [0.5, 0.6) is 11.8 Å². The third kappa shape index (κ3) is 21.0. The molecule has 3 fully saturated rings. The summed E-state index contributed by atoms with van der Waals surface area (Å²) in [5, 5.41) is 26.3. The zero-order valence-electron chi connectivity index (χ0n) is 72.5. The van der Waals surface area contributed by atoms with Gasteiger partial charge in [0.2, 0.25) is 17.7 Å². The number of benzene rings is 9. The molecule has 0 radical (unpaired) electrons. The monoisotopic (exact) mass is 1750 g/mol. The van der Waals surface area contributed by atoms with E-state index in [4.69, 9.17) is 34.7 Å². The number of fused-ring (bicyclic) bond motifs is 6. The maximum atomic E-state index is 13.2. The van der Waals surface area contributed by atoms with Crippen molar-refractivity contribution in [2.24, 2.45) is 27.7 Å². The largest absolute Gasteiger partial charge is 0.495 e. The van der Waals surface area contributed by atoms with Gasteiger partial charge in [-0.3, -0.25) is 19.2 Å². The Morgan fingerprint density at radius 2 is 0.764 bits per heavy atom. The molecule has 18 rings (SSSR count). The quantitative estimate of drug-likeness (QED) is 0.0123. The minimum absolute atomic E-state index is 0. The molecule has 4 amide bonds. The highest BCUT2D eigenvalue weighted by molar-refractivity contribution is 6.36. The number of halogens is 2. The van der Waals surface area contributed by atoms with Crippen molar-refractivity contribution in [3.63, 3.8) is 0 Å². The summed E-state index contributed by atoms with van der Waals surface area (Å²) >= 11 is 0. The van der Waals surface area contributed by atoms with Crippen molar-refractivity contribution in [1.29, 1.82) is 0 Å². The third-order valence-electron chi connectivity index (χ3n) is 24.8. The maximum Gasteiger partial charge on any atom is 0.337 e. The number of hydrogen-bond acceptors (Lipinski definition) is 19. The van der Waals surface area contributed by atoms with Crippen LogP contribution in [0.4, 0.5) is 39.8 Å². The predicted octanol–water partition coefficient (Wildman–Crippen LogP) is 16.6. The van der Waals surface area contributed by atoms with Gasteiger partial charge in [0.25, 0.3) is 5.91 Å². The van der Waals surface area contributed by atoms with Crippen LogP contribution < -0.4 is 25.8 Å². The zero-order valence-corrected chi connectivity index (χ0v) is 74.1. The summed E-state index contributed by atoms with van der Waals surface area (Å²) in [5.41, 5.74) is 23.4. The Morgan fingerprint density at radius 3 is 1.14 bits per heavy atom. The lowest BCUT2D eigenvalue weighted by Crippen LogP contribution is -2.35. The molecule has 7 aliphatic heterocycles. The van der Waals surface area contributed by atoms with E-state index in [9.17, 15) is 43.8 Å². The zero-order chi connectivity index (χ0) is 87.5. The number of hydrogen-bond donors (Lipinski definition) is 6. The molecule has 0 spiro atoms. The van der Waals surface area contributed by atoms with Gasteiger partial charge in [-0.15, -0.1) is 24.8 Å². The number of likely N-dealkylation sites (tertiary alicyclic amines) is 3. The summed E-state index contributed by atoms with van der Waals surface area (Å²) < 4.78 is 19.9. The summed E-state index contributed by atoms with van der Waals surface area (Å²) in [7, 11) is 12.0. The topological polar surface area (TPSA) is 311 Å². The van der Waals surface area contributed by atoms with Crippen LogP contribution in [-0.2, 0) is 57.4 Å².